The van der Waals surface area contributed by atoms with Gasteiger partial charge in [-0.05, 0) is 116 Å². The van der Waals surface area contributed by atoms with Gasteiger partial charge in [0, 0.05) is 126 Å². The molecule has 0 radical (unpaired) electrons. The Balaban J connectivity index is 0.000000115. The van der Waals surface area contributed by atoms with Crippen molar-refractivity contribution >= 4 is 148 Å². The Bertz CT molecular complexity index is 4930. The Labute approximate surface area is 589 Å². The molecule has 514 valence electrons. The lowest BCUT2D eigenvalue weighted by Crippen LogP contribution is -2.47. The number of carboxylic acid groups (broad SMARTS) is 1. The van der Waals surface area contributed by atoms with Gasteiger partial charge < -0.3 is 57.5 Å². The molecular formula is C71H64Cl4F3N15O7. The summed E-state index contributed by atoms with van der Waals surface area (Å²) in [7, 11) is 0. The number of halogens is 7. The monoisotopic (exact) mass is 1440 g/mol. The van der Waals surface area contributed by atoms with E-state index < -0.39 is 29.9 Å². The molecule has 0 unspecified atom stereocenters. The molecular weight excluding hydrogens is 1370 g/mol. The van der Waals surface area contributed by atoms with Gasteiger partial charge in [-0.25, -0.2) is 14.8 Å². The molecule has 11 heterocycles. The normalized spacial score (nSPS) is 15.5. The fourth-order valence-electron chi connectivity index (χ4n) is 13.3. The minimum Gasteiger partial charge on any atom is -0.480 e. The summed E-state index contributed by atoms with van der Waals surface area (Å²) in [6.07, 6.45) is -0.104. The van der Waals surface area contributed by atoms with E-state index in [0.717, 1.165) is 152 Å². The number of piperidine rings is 1. The molecule has 22 nitrogen and oxygen atoms in total. The molecule has 7 aromatic heterocycles. The quantitative estimate of drug-likeness (QED) is 0.126. The first-order valence-corrected chi connectivity index (χ1v) is 33.9. The number of aliphatic carboxylic acids is 1. The molecule has 4 aliphatic rings. The van der Waals surface area contributed by atoms with Crippen LogP contribution in [-0.4, -0.2) is 142 Å². The Kier molecular flexibility index (Phi) is 19.6. The lowest BCUT2D eigenvalue weighted by molar-refractivity contribution is -0.138. The maximum Gasteiger partial charge on any atom is 0.417 e. The smallest absolute Gasteiger partial charge is 0.417 e. The average molecular weight is 1440 g/mol. The van der Waals surface area contributed by atoms with Crippen molar-refractivity contribution in [2.75, 3.05) is 126 Å². The number of fused-ring (bicyclic) bond motifs is 5. The highest BCUT2D eigenvalue weighted by molar-refractivity contribution is 6.35. The van der Waals surface area contributed by atoms with Crippen LogP contribution in [0.25, 0.3) is 54.9 Å². The van der Waals surface area contributed by atoms with Crippen LogP contribution in [0.15, 0.2) is 193 Å². The minimum absolute atomic E-state index is 0.0647. The van der Waals surface area contributed by atoms with Gasteiger partial charge in [0.25, 0.3) is 0 Å². The first kappa shape index (κ1) is 67.0. The van der Waals surface area contributed by atoms with Gasteiger partial charge in [-0.2, -0.15) is 13.2 Å². The third-order valence-corrected chi connectivity index (χ3v) is 19.2. The van der Waals surface area contributed by atoms with Gasteiger partial charge >= 0.3 is 17.8 Å². The van der Waals surface area contributed by atoms with Crippen molar-refractivity contribution < 1.29 is 41.2 Å². The second kappa shape index (κ2) is 29.3. The molecule has 0 saturated carbocycles. The van der Waals surface area contributed by atoms with Crippen LogP contribution < -0.4 is 40.0 Å². The Morgan fingerprint density at radius 3 is 1.43 bits per heavy atom. The van der Waals surface area contributed by atoms with Crippen molar-refractivity contribution in [3.63, 3.8) is 0 Å². The van der Waals surface area contributed by atoms with E-state index in [9.17, 15) is 27.9 Å². The zero-order valence-electron chi connectivity index (χ0n) is 53.5. The summed E-state index contributed by atoms with van der Waals surface area (Å²) in [6.45, 7) is 10.8. The van der Waals surface area contributed by atoms with E-state index in [1.54, 1.807) is 52.2 Å². The van der Waals surface area contributed by atoms with Crippen LogP contribution >= 0.6 is 46.4 Å². The third kappa shape index (κ3) is 14.2. The molecule has 0 spiro atoms. The van der Waals surface area contributed by atoms with Gasteiger partial charge in [-0.1, -0.05) is 122 Å². The lowest BCUT2D eigenvalue weighted by Gasteiger charge is -2.36. The highest BCUT2D eigenvalue weighted by atomic mass is 35.5. The van der Waals surface area contributed by atoms with Gasteiger partial charge in [0.15, 0.2) is 50.8 Å². The maximum atomic E-state index is 13.5. The molecule has 1 N–H and O–H groups in total. The zero-order valence-corrected chi connectivity index (χ0v) is 56.5. The molecule has 29 heteroatoms. The van der Waals surface area contributed by atoms with Gasteiger partial charge in [0.1, 0.15) is 12.4 Å². The predicted octanol–water partition coefficient (Wildman–Crippen LogP) is 14.8. The summed E-state index contributed by atoms with van der Waals surface area (Å²) >= 11 is 24.6. The van der Waals surface area contributed by atoms with Crippen LogP contribution in [0, 0.1) is 0 Å². The number of carbonyl (C=O) groups is 1. The summed E-state index contributed by atoms with van der Waals surface area (Å²) in [4.78, 5) is 48.1. The topological polar surface area (TPSA) is 217 Å². The highest BCUT2D eigenvalue weighted by Crippen LogP contribution is 2.41. The van der Waals surface area contributed by atoms with Crippen LogP contribution in [0.5, 0.6) is 0 Å². The number of carboxylic acids is 1. The number of hydrogen-bond donors (Lipinski definition) is 1. The van der Waals surface area contributed by atoms with E-state index in [1.807, 2.05) is 109 Å². The van der Waals surface area contributed by atoms with E-state index in [1.165, 1.54) is 16.7 Å². The maximum absolute atomic E-state index is 13.5. The summed E-state index contributed by atoms with van der Waals surface area (Å²) in [5.41, 5.74) is 4.55. The van der Waals surface area contributed by atoms with Crippen LogP contribution in [0.1, 0.15) is 24.4 Å². The summed E-state index contributed by atoms with van der Waals surface area (Å²) in [5.74, 6) is 2.64. The number of piperazine rings is 3. The van der Waals surface area contributed by atoms with Gasteiger partial charge in [-0.15, -0.1) is 0 Å². The van der Waals surface area contributed by atoms with E-state index in [4.69, 9.17) is 64.5 Å². The van der Waals surface area contributed by atoms with E-state index in [2.05, 4.69) is 60.0 Å². The average Bonchev–Trinajstić information content (AvgIpc) is 1.60. The molecule has 0 atom stereocenters. The molecule has 4 saturated heterocycles. The van der Waals surface area contributed by atoms with Crippen molar-refractivity contribution in [2.24, 2.45) is 0 Å². The molecule has 0 amide bonds. The zero-order chi connectivity index (χ0) is 69.0. The number of rotatable bonds is 10. The first-order valence-electron chi connectivity index (χ1n) is 32.4. The number of benzene rings is 6. The molecule has 4 aliphatic heterocycles. The summed E-state index contributed by atoms with van der Waals surface area (Å²) in [6, 6.07) is 47.7. The number of aromatic nitrogens is 8. The van der Waals surface area contributed by atoms with Crippen molar-refractivity contribution in [3.05, 3.63) is 206 Å². The number of pyridine rings is 2. The van der Waals surface area contributed by atoms with Crippen LogP contribution in [0.3, 0.4) is 0 Å². The number of anilines is 7. The second-order valence-electron chi connectivity index (χ2n) is 24.2. The number of hydrogen-bond acceptors (Lipinski definition) is 19. The molecule has 4 fully saturated rings. The highest BCUT2D eigenvalue weighted by Gasteiger charge is 2.37. The Morgan fingerprint density at radius 1 is 0.470 bits per heavy atom. The van der Waals surface area contributed by atoms with Gasteiger partial charge in [0.05, 0.1) is 48.9 Å². The molecule has 6 aromatic carbocycles. The van der Waals surface area contributed by atoms with Crippen molar-refractivity contribution in [1.82, 2.24) is 39.7 Å². The number of imidazole rings is 1. The Hall–Kier alpha value is -10.2. The van der Waals surface area contributed by atoms with E-state index in [-0.39, 0.29) is 22.8 Å². The van der Waals surface area contributed by atoms with Crippen LogP contribution in [0.4, 0.5) is 53.6 Å². The largest absolute Gasteiger partial charge is 0.480 e. The molecule has 17 rings (SSSR count). The van der Waals surface area contributed by atoms with Gasteiger partial charge in [0.2, 0.25) is 0 Å². The molecule has 0 aliphatic carbocycles. The molecule has 13 aromatic rings. The van der Waals surface area contributed by atoms with Gasteiger partial charge in [-0.3, -0.25) is 13.9 Å². The van der Waals surface area contributed by atoms with Crippen molar-refractivity contribution in [1.29, 1.82) is 0 Å². The first-order chi connectivity index (χ1) is 48.6. The van der Waals surface area contributed by atoms with E-state index in [0.29, 0.717) is 57.2 Å². The standard InChI is InChI=1S/C22H19F3N4O4.C17H15Cl2N3O.2C16H15ClN4O/c23-22(24,25)14-4-3-7-17-19(14)20(26-33-17)27-10-8-13(9-11-27)29-16-6-2-1-5-15(16)28(21(29)32)12-18(30)31;18-12-9-13(19)11-14(10-12)21-5-7-22(8-6-21)17-15-3-1-2-4-16(15)23-20-17;17-15-13(5-3-7-18-15)20-8-10-21(11-9-20)16-12-4-1-2-6-14(12)22-19-16;17-13-5-3-7-18-16(13)21-10-8-20(9-11-21)15-12-4-1-2-6-14(12)22-19-15/h1-7,13H,8-12H2,(H,30,31);1-4,9-11H,5-8H2;2*1-7H,8-11H2. The van der Waals surface area contributed by atoms with Crippen molar-refractivity contribution in [2.45, 2.75) is 31.6 Å². The Morgan fingerprint density at radius 2 is 0.910 bits per heavy atom. The molecule has 0 bridgehead atoms. The number of alkyl halides is 3. The predicted molar refractivity (Wildman–Crippen MR) is 384 cm³/mol. The van der Waals surface area contributed by atoms with Crippen LogP contribution in [0.2, 0.25) is 20.2 Å². The summed E-state index contributed by atoms with van der Waals surface area (Å²) < 4.78 is 64.8. The van der Waals surface area contributed by atoms with E-state index >= 15 is 0 Å². The fourth-order valence-corrected chi connectivity index (χ4v) is 14.3. The third-order valence-electron chi connectivity index (χ3n) is 18.2. The lowest BCUT2D eigenvalue weighted by atomic mass is 10.0. The number of nitrogens with zero attached hydrogens (tertiary/aromatic N) is 15. The SMILES string of the molecule is Clc1cc(Cl)cc(N2CCN(c3noc4ccccc34)CC2)c1.Clc1cccnc1N1CCN(c2noc3ccccc23)CC1.Clc1ncccc1N1CCN(c2noc3ccccc23)CC1.O=C(O)Cn1c(=O)n(C2CCN(c3noc4cccc(C(F)(F)F)c34)CC2)c2ccccc21. The second-order valence-corrected chi connectivity index (χ2v) is 25.8. The fraction of sp³-hybridized carbons (Fsp3) is 0.268. The summed E-state index contributed by atoms with van der Waals surface area (Å²) in [5, 5.41) is 31.5. The minimum atomic E-state index is -4.54. The van der Waals surface area contributed by atoms with Crippen LogP contribution in [-0.2, 0) is 17.5 Å². The number of para-hydroxylation sites is 5. The van der Waals surface area contributed by atoms with Crippen molar-refractivity contribution in [3.8, 4) is 0 Å². The molecule has 100 heavy (non-hydrogen) atoms.